The van der Waals surface area contributed by atoms with Crippen molar-refractivity contribution in [3.05, 3.63) is 59.9 Å². The van der Waals surface area contributed by atoms with Gasteiger partial charge in [-0.3, -0.25) is 0 Å². The fourth-order valence-corrected chi connectivity index (χ4v) is 9.29. The van der Waals surface area contributed by atoms with Crippen LogP contribution >= 0.6 is 0 Å². The number of aromatic nitrogens is 2. The number of aliphatic hydroxyl groups excluding tert-OH is 2. The minimum absolute atomic E-state index is 0.0827. The summed E-state index contributed by atoms with van der Waals surface area (Å²) in [6, 6.07) is 12.6. The second-order valence-corrected chi connectivity index (χ2v) is 13.1. The zero-order valence-corrected chi connectivity index (χ0v) is 24.3. The number of hydrogen-bond donors (Lipinski definition) is 4. The summed E-state index contributed by atoms with van der Waals surface area (Å²) in [7, 11) is 0. The van der Waals surface area contributed by atoms with Gasteiger partial charge in [-0.1, -0.05) is 26.0 Å². The molecule has 3 fully saturated rings. The SMILES string of the molecule is CCC12CCCN1c1nccc3c(C4C(O)C(c5ccc6c7c(nccc57)N5CCCC5(CC)N6)C4O)ccc(c13)N2. The van der Waals surface area contributed by atoms with Gasteiger partial charge in [0.15, 0.2) is 0 Å². The van der Waals surface area contributed by atoms with Gasteiger partial charge in [0.05, 0.1) is 12.2 Å². The van der Waals surface area contributed by atoms with Crippen LogP contribution < -0.4 is 20.4 Å². The van der Waals surface area contributed by atoms with Crippen molar-refractivity contribution in [1.82, 2.24) is 9.97 Å². The Morgan fingerprint density at radius 2 is 1.17 bits per heavy atom. The van der Waals surface area contributed by atoms with Gasteiger partial charge in [-0.05, 0) is 84.7 Å². The number of hydrogen-bond acceptors (Lipinski definition) is 8. The number of aliphatic hydroxyl groups is 2. The molecule has 6 heterocycles. The summed E-state index contributed by atoms with van der Waals surface area (Å²) in [5.41, 5.74) is 4.03. The lowest BCUT2D eigenvalue weighted by Gasteiger charge is -2.49. The van der Waals surface area contributed by atoms with Crippen LogP contribution in [0.25, 0.3) is 21.5 Å². The first-order chi connectivity index (χ1) is 20.5. The zero-order valence-electron chi connectivity index (χ0n) is 24.3. The molecule has 2 aromatic heterocycles. The summed E-state index contributed by atoms with van der Waals surface area (Å²) in [5.74, 6) is 1.31. The van der Waals surface area contributed by atoms with Crippen LogP contribution in [0.2, 0.25) is 0 Å². The molecule has 1 aliphatic carbocycles. The summed E-state index contributed by atoms with van der Waals surface area (Å²) in [6.07, 6.45) is 8.86. The molecule has 216 valence electrons. The molecule has 4 aliphatic heterocycles. The quantitative estimate of drug-likeness (QED) is 0.254. The Morgan fingerprint density at radius 1 is 0.714 bits per heavy atom. The Labute approximate surface area is 245 Å². The van der Waals surface area contributed by atoms with Gasteiger partial charge in [-0.25, -0.2) is 9.97 Å². The zero-order chi connectivity index (χ0) is 28.4. The fourth-order valence-electron chi connectivity index (χ4n) is 9.29. The van der Waals surface area contributed by atoms with Crippen molar-refractivity contribution >= 4 is 44.6 Å². The predicted octanol–water partition coefficient (Wildman–Crippen LogP) is 5.65. The van der Waals surface area contributed by atoms with Crippen molar-refractivity contribution in [3.8, 4) is 0 Å². The number of nitrogens with one attached hydrogen (secondary N) is 2. The largest absolute Gasteiger partial charge is 0.392 e. The Bertz CT molecular complexity index is 1640. The molecule has 2 aromatic carbocycles. The lowest BCUT2D eigenvalue weighted by Crippen LogP contribution is -2.53. The number of fused-ring (bicyclic) bond motifs is 4. The number of benzene rings is 2. The molecule has 1 saturated carbocycles. The van der Waals surface area contributed by atoms with E-state index < -0.39 is 12.2 Å². The van der Waals surface area contributed by atoms with Crippen molar-refractivity contribution < 1.29 is 10.2 Å². The molecule has 8 nitrogen and oxygen atoms in total. The van der Waals surface area contributed by atoms with E-state index in [0.29, 0.717) is 0 Å². The molecule has 0 radical (unpaired) electrons. The molecule has 4 N–H and O–H groups in total. The van der Waals surface area contributed by atoms with Crippen molar-refractivity contribution in [3.63, 3.8) is 0 Å². The van der Waals surface area contributed by atoms with Gasteiger partial charge in [0, 0.05) is 59.5 Å². The summed E-state index contributed by atoms with van der Waals surface area (Å²) in [6.45, 7) is 6.45. The second kappa shape index (κ2) is 8.48. The first kappa shape index (κ1) is 24.9. The number of rotatable bonds is 4. The molecule has 2 unspecified atom stereocenters. The molecule has 0 amide bonds. The van der Waals surface area contributed by atoms with E-state index >= 15 is 0 Å². The summed E-state index contributed by atoms with van der Waals surface area (Å²) < 4.78 is 0. The molecular formula is C34H38N6O2. The summed E-state index contributed by atoms with van der Waals surface area (Å²) >= 11 is 0. The first-order valence-electron chi connectivity index (χ1n) is 15.8. The van der Waals surface area contributed by atoms with E-state index in [1.807, 2.05) is 12.4 Å². The van der Waals surface area contributed by atoms with E-state index in [9.17, 15) is 10.2 Å². The highest BCUT2D eigenvalue weighted by atomic mass is 16.3. The molecule has 5 aliphatic rings. The van der Waals surface area contributed by atoms with Gasteiger partial charge in [0.1, 0.15) is 23.0 Å². The fraction of sp³-hybridized carbons (Fsp3) is 0.471. The van der Waals surface area contributed by atoms with Gasteiger partial charge in [0.2, 0.25) is 0 Å². The van der Waals surface area contributed by atoms with Crippen LogP contribution in [-0.2, 0) is 0 Å². The Balaban J connectivity index is 1.11. The van der Waals surface area contributed by atoms with Crippen molar-refractivity contribution in [2.24, 2.45) is 0 Å². The van der Waals surface area contributed by atoms with E-state index in [1.165, 1.54) is 0 Å². The molecule has 8 heteroatoms. The lowest BCUT2D eigenvalue weighted by molar-refractivity contribution is -0.0775. The third kappa shape index (κ3) is 2.94. The maximum atomic E-state index is 11.8. The van der Waals surface area contributed by atoms with E-state index in [2.05, 4.69) is 70.7 Å². The normalized spacial score (nSPS) is 32.4. The van der Waals surface area contributed by atoms with Crippen molar-refractivity contribution in [2.75, 3.05) is 33.5 Å². The molecule has 0 bridgehead atoms. The van der Waals surface area contributed by atoms with Crippen LogP contribution in [0.1, 0.15) is 75.3 Å². The van der Waals surface area contributed by atoms with E-state index in [4.69, 9.17) is 9.97 Å². The monoisotopic (exact) mass is 562 g/mol. The molecule has 4 aromatic rings. The molecule has 0 spiro atoms. The van der Waals surface area contributed by atoms with Crippen LogP contribution in [0.15, 0.2) is 48.8 Å². The van der Waals surface area contributed by atoms with Gasteiger partial charge in [-0.2, -0.15) is 0 Å². The highest BCUT2D eigenvalue weighted by Crippen LogP contribution is 2.55. The number of anilines is 4. The van der Waals surface area contributed by atoms with E-state index in [-0.39, 0.29) is 23.2 Å². The van der Waals surface area contributed by atoms with Gasteiger partial charge >= 0.3 is 0 Å². The molecule has 42 heavy (non-hydrogen) atoms. The highest BCUT2D eigenvalue weighted by Gasteiger charge is 2.53. The van der Waals surface area contributed by atoms with Gasteiger partial charge in [-0.15, -0.1) is 0 Å². The number of pyridine rings is 2. The Morgan fingerprint density at radius 3 is 1.60 bits per heavy atom. The minimum atomic E-state index is -0.703. The summed E-state index contributed by atoms with van der Waals surface area (Å²) in [5, 5.41) is 35.7. The molecular weight excluding hydrogens is 524 g/mol. The van der Waals surface area contributed by atoms with Gasteiger partial charge < -0.3 is 30.6 Å². The molecule has 2 atom stereocenters. The van der Waals surface area contributed by atoms with Crippen LogP contribution in [0.4, 0.5) is 23.0 Å². The smallest absolute Gasteiger partial charge is 0.140 e. The topological polar surface area (TPSA) is 96.8 Å². The predicted molar refractivity (Wildman–Crippen MR) is 167 cm³/mol. The molecule has 9 rings (SSSR count). The lowest BCUT2D eigenvalue weighted by atomic mass is 9.62. The Hall–Kier alpha value is -3.62. The van der Waals surface area contributed by atoms with Gasteiger partial charge in [0.25, 0.3) is 0 Å². The van der Waals surface area contributed by atoms with E-state index in [0.717, 1.165) is 107 Å². The second-order valence-electron chi connectivity index (χ2n) is 13.1. The third-order valence-corrected chi connectivity index (χ3v) is 11.5. The average molecular weight is 563 g/mol. The summed E-state index contributed by atoms with van der Waals surface area (Å²) in [4.78, 5) is 14.6. The first-order valence-corrected chi connectivity index (χ1v) is 15.8. The van der Waals surface area contributed by atoms with E-state index in [1.54, 1.807) is 0 Å². The van der Waals surface area contributed by atoms with Crippen LogP contribution in [0, 0.1) is 0 Å². The van der Waals surface area contributed by atoms with Crippen molar-refractivity contribution in [2.45, 2.75) is 87.7 Å². The molecule has 2 saturated heterocycles. The van der Waals surface area contributed by atoms with Crippen LogP contribution in [-0.4, -0.2) is 56.8 Å². The standard InChI is InChI=1S/C34H38N6O2/c1-3-33-13-5-17-39(33)31-25-21(11-15-35-31)19(7-9-23(25)37-33)27-29(41)28(30(27)42)20-8-10-24-26-22(20)12-16-36-32(26)40-18-6-14-34(40,4-2)38-24/h7-12,15-16,27-30,37-38,41-42H,3-6,13-14,17-18H2,1-2H3. The Kier molecular flexibility index (Phi) is 5.03. The average Bonchev–Trinajstić information content (AvgIpc) is 3.65. The number of nitrogens with zero attached hydrogens (tertiary/aromatic N) is 4. The van der Waals surface area contributed by atoms with Crippen LogP contribution in [0.5, 0.6) is 0 Å². The maximum absolute atomic E-state index is 11.8. The third-order valence-electron chi connectivity index (χ3n) is 11.5. The highest BCUT2D eigenvalue weighted by molar-refractivity contribution is 6.07. The van der Waals surface area contributed by atoms with Crippen molar-refractivity contribution in [1.29, 1.82) is 0 Å². The maximum Gasteiger partial charge on any atom is 0.140 e. The minimum Gasteiger partial charge on any atom is -0.392 e. The van der Waals surface area contributed by atoms with Crippen LogP contribution in [0.3, 0.4) is 0 Å².